The fraction of sp³-hybridized carbons (Fsp3) is 0.417. The van der Waals surface area contributed by atoms with E-state index >= 15 is 0 Å². The molecule has 1 aromatic carbocycles. The van der Waals surface area contributed by atoms with Crippen LogP contribution in [0.15, 0.2) is 29.1 Å². The highest BCUT2D eigenvalue weighted by Crippen LogP contribution is 2.31. The van der Waals surface area contributed by atoms with E-state index < -0.39 is 18.5 Å². The van der Waals surface area contributed by atoms with Gasteiger partial charge in [0.1, 0.15) is 28.2 Å². The fourth-order valence-corrected chi connectivity index (χ4v) is 5.33. The summed E-state index contributed by atoms with van der Waals surface area (Å²) in [6.07, 6.45) is 3.43. The lowest BCUT2D eigenvalue weighted by Crippen LogP contribution is -2.42. The lowest BCUT2D eigenvalue weighted by atomic mass is 10.2. The Bertz CT molecular complexity index is 1310. The second kappa shape index (κ2) is 9.46. The zero-order valence-electron chi connectivity index (χ0n) is 18.8. The average Bonchev–Trinajstić information content (AvgIpc) is 3.01. The number of rotatable bonds is 5. The van der Waals surface area contributed by atoms with E-state index in [9.17, 15) is 14.4 Å². The Hall–Kier alpha value is -3.40. The number of fused-ring (bicyclic) bond motifs is 3. The number of carbonyl (C=O) groups excluding carboxylic acids is 2. The number of hydrogen-bond donors (Lipinski definition) is 1. The van der Waals surface area contributed by atoms with Gasteiger partial charge in [-0.25, -0.2) is 9.78 Å². The van der Waals surface area contributed by atoms with Crippen LogP contribution in [-0.2, 0) is 22.5 Å². The number of aryl methyl sites for hydroxylation is 2. The van der Waals surface area contributed by atoms with Gasteiger partial charge in [-0.05, 0) is 37.5 Å². The number of ether oxygens (including phenoxy) is 3. The van der Waals surface area contributed by atoms with Gasteiger partial charge in [0.25, 0.3) is 11.5 Å². The molecule has 2 aliphatic heterocycles. The van der Waals surface area contributed by atoms with Crippen LogP contribution in [0.1, 0.15) is 40.3 Å². The number of nitrogens with one attached hydrogen (secondary N) is 1. The third kappa shape index (κ3) is 4.37. The molecule has 34 heavy (non-hydrogen) atoms. The number of hydrogen-bond acceptors (Lipinski definition) is 8. The van der Waals surface area contributed by atoms with Crippen molar-refractivity contribution < 1.29 is 23.8 Å². The minimum atomic E-state index is -0.638. The number of para-hydroxylation sites is 2. The van der Waals surface area contributed by atoms with Crippen molar-refractivity contribution >= 4 is 33.4 Å². The average molecular weight is 484 g/mol. The Morgan fingerprint density at radius 3 is 2.91 bits per heavy atom. The Labute approximate surface area is 199 Å². The van der Waals surface area contributed by atoms with Gasteiger partial charge in [-0.1, -0.05) is 18.6 Å². The number of carbonyl (C=O) groups is 2. The van der Waals surface area contributed by atoms with Crippen molar-refractivity contribution in [2.24, 2.45) is 0 Å². The number of benzene rings is 1. The summed E-state index contributed by atoms with van der Waals surface area (Å²) < 4.78 is 18.4. The maximum Gasteiger partial charge on any atom is 0.349 e. The molecule has 0 aliphatic carbocycles. The van der Waals surface area contributed by atoms with Crippen LogP contribution in [0.3, 0.4) is 0 Å². The molecule has 2 aromatic heterocycles. The minimum absolute atomic E-state index is 0.108. The highest BCUT2D eigenvalue weighted by Gasteiger charge is 2.24. The molecule has 0 spiro atoms. The molecule has 5 rings (SSSR count). The third-order valence-corrected chi connectivity index (χ3v) is 7.19. The highest BCUT2D eigenvalue weighted by atomic mass is 32.1. The third-order valence-electron chi connectivity index (χ3n) is 6.03. The molecule has 3 aromatic rings. The second-order valence-corrected chi connectivity index (χ2v) is 9.41. The van der Waals surface area contributed by atoms with Gasteiger partial charge in [-0.2, -0.15) is 0 Å². The van der Waals surface area contributed by atoms with Crippen LogP contribution in [0.4, 0.5) is 0 Å². The van der Waals surface area contributed by atoms with Crippen molar-refractivity contribution in [2.45, 2.75) is 45.3 Å². The van der Waals surface area contributed by atoms with Gasteiger partial charge in [0.2, 0.25) is 0 Å². The molecule has 9 nitrogen and oxygen atoms in total. The van der Waals surface area contributed by atoms with Gasteiger partial charge >= 0.3 is 5.97 Å². The van der Waals surface area contributed by atoms with Crippen LogP contribution in [0, 0.1) is 6.92 Å². The van der Waals surface area contributed by atoms with Crippen LogP contribution in [-0.4, -0.2) is 47.3 Å². The zero-order chi connectivity index (χ0) is 23.7. The molecule has 1 amide bonds. The lowest BCUT2D eigenvalue weighted by Gasteiger charge is -2.26. The number of amides is 1. The van der Waals surface area contributed by atoms with Crippen molar-refractivity contribution in [2.75, 3.05) is 19.8 Å². The molecule has 2 aliphatic rings. The Morgan fingerprint density at radius 1 is 1.24 bits per heavy atom. The summed E-state index contributed by atoms with van der Waals surface area (Å²) in [7, 11) is 0. The number of thiophene rings is 1. The SMILES string of the molecule is Cc1c(C(=O)OCC(=O)NCC2COc3ccccc3O2)sc2nc3n(c(=O)c12)CCCCC3. The Morgan fingerprint density at radius 2 is 2.06 bits per heavy atom. The monoisotopic (exact) mass is 483 g/mol. The van der Waals surface area contributed by atoms with Crippen molar-refractivity contribution in [1.29, 1.82) is 0 Å². The first kappa shape index (κ1) is 22.4. The molecule has 0 saturated carbocycles. The largest absolute Gasteiger partial charge is 0.486 e. The van der Waals surface area contributed by atoms with Crippen LogP contribution >= 0.6 is 11.3 Å². The molecule has 0 fully saturated rings. The number of nitrogens with zero attached hydrogens (tertiary/aromatic N) is 2. The summed E-state index contributed by atoms with van der Waals surface area (Å²) in [5, 5.41) is 3.16. The number of aromatic nitrogens is 2. The molecule has 0 radical (unpaired) electrons. The maximum atomic E-state index is 13.1. The zero-order valence-corrected chi connectivity index (χ0v) is 19.6. The highest BCUT2D eigenvalue weighted by molar-refractivity contribution is 7.20. The lowest BCUT2D eigenvalue weighted by molar-refractivity contribution is -0.124. The van der Waals surface area contributed by atoms with E-state index in [0.717, 1.165) is 42.8 Å². The Balaban J connectivity index is 1.20. The van der Waals surface area contributed by atoms with Crippen molar-refractivity contribution in [1.82, 2.24) is 14.9 Å². The van der Waals surface area contributed by atoms with Crippen molar-refractivity contribution in [3.8, 4) is 11.5 Å². The predicted octanol–water partition coefficient (Wildman–Crippen LogP) is 2.61. The molecule has 4 heterocycles. The molecular weight excluding hydrogens is 458 g/mol. The smallest absolute Gasteiger partial charge is 0.349 e. The molecule has 10 heteroatoms. The van der Waals surface area contributed by atoms with Crippen LogP contribution in [0.5, 0.6) is 11.5 Å². The van der Waals surface area contributed by atoms with Gasteiger partial charge in [0.15, 0.2) is 18.1 Å². The quantitative estimate of drug-likeness (QED) is 0.556. The summed E-state index contributed by atoms with van der Waals surface area (Å²) in [6.45, 7) is 2.47. The molecule has 1 atom stereocenters. The van der Waals surface area contributed by atoms with E-state index in [2.05, 4.69) is 10.3 Å². The first-order chi connectivity index (χ1) is 16.5. The molecule has 1 unspecified atom stereocenters. The van der Waals surface area contributed by atoms with Crippen LogP contribution < -0.4 is 20.3 Å². The summed E-state index contributed by atoms with van der Waals surface area (Å²) in [5.41, 5.74) is 0.442. The maximum absolute atomic E-state index is 13.1. The molecular formula is C24H25N3O6S. The van der Waals surface area contributed by atoms with E-state index in [1.54, 1.807) is 17.6 Å². The standard InChI is InChI=1S/C24H25N3O6S/c1-14-20-22(26-18-9-3-2-6-10-27(18)23(20)29)34-21(14)24(30)32-13-19(28)25-11-15-12-31-16-7-4-5-8-17(16)33-15/h4-5,7-8,15H,2-3,6,9-13H2,1H3,(H,25,28). The second-order valence-electron chi connectivity index (χ2n) is 8.41. The first-order valence-corrected chi connectivity index (χ1v) is 12.2. The summed E-state index contributed by atoms with van der Waals surface area (Å²) in [6, 6.07) is 7.33. The molecule has 0 bridgehead atoms. The van der Waals surface area contributed by atoms with Gasteiger partial charge in [0.05, 0.1) is 11.9 Å². The van der Waals surface area contributed by atoms with E-state index in [0.29, 0.717) is 45.3 Å². The fourth-order valence-electron chi connectivity index (χ4n) is 4.24. The van der Waals surface area contributed by atoms with Crippen molar-refractivity contribution in [3.63, 3.8) is 0 Å². The number of esters is 1. The van der Waals surface area contributed by atoms with Crippen molar-refractivity contribution in [3.05, 3.63) is 50.9 Å². The summed E-state index contributed by atoms with van der Waals surface area (Å²) in [4.78, 5) is 43.5. The Kier molecular flexibility index (Phi) is 6.23. The molecule has 0 saturated heterocycles. The van der Waals surface area contributed by atoms with Crippen LogP contribution in [0.2, 0.25) is 0 Å². The van der Waals surface area contributed by atoms with Gasteiger partial charge < -0.3 is 19.5 Å². The van der Waals surface area contributed by atoms with E-state index in [1.807, 2.05) is 18.2 Å². The van der Waals surface area contributed by atoms with E-state index in [4.69, 9.17) is 14.2 Å². The summed E-state index contributed by atoms with van der Waals surface area (Å²) >= 11 is 1.14. The summed E-state index contributed by atoms with van der Waals surface area (Å²) in [5.74, 6) is 0.984. The molecule has 178 valence electrons. The van der Waals surface area contributed by atoms with Gasteiger partial charge in [0, 0.05) is 13.0 Å². The van der Waals surface area contributed by atoms with Gasteiger partial charge in [-0.15, -0.1) is 11.3 Å². The van der Waals surface area contributed by atoms with E-state index in [-0.39, 0.29) is 18.2 Å². The topological polar surface area (TPSA) is 109 Å². The predicted molar refractivity (Wildman–Crippen MR) is 126 cm³/mol. The normalized spacial score (nSPS) is 17.0. The first-order valence-electron chi connectivity index (χ1n) is 11.4. The van der Waals surface area contributed by atoms with Gasteiger partial charge in [-0.3, -0.25) is 14.2 Å². The van der Waals surface area contributed by atoms with E-state index in [1.165, 1.54) is 0 Å². The molecule has 1 N–H and O–H groups in total. The van der Waals surface area contributed by atoms with Crippen LogP contribution in [0.25, 0.3) is 10.2 Å². The minimum Gasteiger partial charge on any atom is -0.486 e.